The van der Waals surface area contributed by atoms with Crippen molar-refractivity contribution in [2.45, 2.75) is 32.7 Å². The highest BCUT2D eigenvalue weighted by molar-refractivity contribution is 5.85. The second kappa shape index (κ2) is 4.18. The maximum absolute atomic E-state index is 11.3. The van der Waals surface area contributed by atoms with Crippen LogP contribution in [0.15, 0.2) is 0 Å². The Morgan fingerprint density at radius 2 is 2.13 bits per heavy atom. The SMILES string of the molecule is CC1(C)CC1CNC(=O)C(N)CC(=O)O. The highest BCUT2D eigenvalue weighted by Gasteiger charge is 2.45. The van der Waals surface area contributed by atoms with E-state index in [1.54, 1.807) is 0 Å². The van der Waals surface area contributed by atoms with Gasteiger partial charge in [-0.1, -0.05) is 13.8 Å². The minimum Gasteiger partial charge on any atom is -0.481 e. The highest BCUT2D eigenvalue weighted by Crippen LogP contribution is 2.50. The Morgan fingerprint density at radius 3 is 2.53 bits per heavy atom. The van der Waals surface area contributed by atoms with Gasteiger partial charge in [0.2, 0.25) is 5.91 Å². The van der Waals surface area contributed by atoms with Crippen molar-refractivity contribution in [1.29, 1.82) is 0 Å². The van der Waals surface area contributed by atoms with Crippen LogP contribution in [0.4, 0.5) is 0 Å². The minimum absolute atomic E-state index is 0.310. The fourth-order valence-electron chi connectivity index (χ4n) is 1.56. The predicted octanol–water partition coefficient (Wildman–Crippen LogP) is -0.0493. The molecule has 0 aromatic carbocycles. The van der Waals surface area contributed by atoms with Crippen molar-refractivity contribution in [2.24, 2.45) is 17.1 Å². The van der Waals surface area contributed by atoms with Gasteiger partial charge in [-0.15, -0.1) is 0 Å². The van der Waals surface area contributed by atoms with Gasteiger partial charge in [0.05, 0.1) is 12.5 Å². The molecule has 4 N–H and O–H groups in total. The lowest BCUT2D eigenvalue weighted by Crippen LogP contribution is -2.42. The standard InChI is InChI=1S/C10H18N2O3/c1-10(2)4-6(10)5-12-9(15)7(11)3-8(13)14/h6-7H,3-5,11H2,1-2H3,(H,12,15)(H,13,14). The van der Waals surface area contributed by atoms with Crippen molar-refractivity contribution in [3.05, 3.63) is 0 Å². The van der Waals surface area contributed by atoms with Gasteiger partial charge in [-0.3, -0.25) is 9.59 Å². The van der Waals surface area contributed by atoms with Crippen LogP contribution in [0.1, 0.15) is 26.7 Å². The Bertz CT molecular complexity index is 276. The molecule has 0 aromatic rings. The molecule has 0 heterocycles. The number of rotatable bonds is 5. The van der Waals surface area contributed by atoms with Gasteiger partial charge in [-0.25, -0.2) is 0 Å². The maximum atomic E-state index is 11.3. The number of hydrogen-bond donors (Lipinski definition) is 3. The molecule has 15 heavy (non-hydrogen) atoms. The van der Waals surface area contributed by atoms with Crippen LogP contribution >= 0.6 is 0 Å². The number of nitrogens with two attached hydrogens (primary N) is 1. The average Bonchev–Trinajstić information content (AvgIpc) is 2.68. The molecular formula is C10H18N2O3. The van der Waals surface area contributed by atoms with Crippen molar-refractivity contribution in [1.82, 2.24) is 5.32 Å². The first-order valence-corrected chi connectivity index (χ1v) is 5.08. The molecule has 2 atom stereocenters. The summed E-state index contributed by atoms with van der Waals surface area (Å²) in [7, 11) is 0. The van der Waals surface area contributed by atoms with E-state index >= 15 is 0 Å². The molecule has 1 aliphatic rings. The first-order chi connectivity index (χ1) is 6.83. The van der Waals surface area contributed by atoms with Gasteiger partial charge in [-0.05, 0) is 17.8 Å². The number of amides is 1. The van der Waals surface area contributed by atoms with Gasteiger partial charge in [0.15, 0.2) is 0 Å². The van der Waals surface area contributed by atoms with E-state index in [0.29, 0.717) is 17.9 Å². The quantitative estimate of drug-likeness (QED) is 0.598. The Morgan fingerprint density at radius 1 is 1.60 bits per heavy atom. The Kier molecular flexibility index (Phi) is 3.34. The van der Waals surface area contributed by atoms with Gasteiger partial charge < -0.3 is 16.2 Å². The predicted molar refractivity (Wildman–Crippen MR) is 55.1 cm³/mol. The van der Waals surface area contributed by atoms with E-state index < -0.39 is 12.0 Å². The molecule has 0 spiro atoms. The molecule has 0 aliphatic heterocycles. The Balaban J connectivity index is 2.21. The van der Waals surface area contributed by atoms with Gasteiger partial charge >= 0.3 is 5.97 Å². The molecule has 0 aromatic heterocycles. The molecule has 1 aliphatic carbocycles. The van der Waals surface area contributed by atoms with Crippen molar-refractivity contribution >= 4 is 11.9 Å². The van der Waals surface area contributed by atoms with Crippen LogP contribution in [0.3, 0.4) is 0 Å². The maximum Gasteiger partial charge on any atom is 0.305 e. The normalized spacial score (nSPS) is 24.3. The van der Waals surface area contributed by atoms with Crippen LogP contribution in [0.25, 0.3) is 0 Å². The number of carboxylic acid groups (broad SMARTS) is 1. The summed E-state index contributed by atoms with van der Waals surface area (Å²) in [6.07, 6.45) is 0.779. The van der Waals surface area contributed by atoms with Gasteiger partial charge in [0.1, 0.15) is 0 Å². The molecule has 0 radical (unpaired) electrons. The minimum atomic E-state index is -1.05. The van der Waals surface area contributed by atoms with E-state index in [4.69, 9.17) is 10.8 Å². The number of carboxylic acids is 1. The number of carbonyl (C=O) groups is 2. The first kappa shape index (κ1) is 12.0. The smallest absolute Gasteiger partial charge is 0.305 e. The molecule has 86 valence electrons. The lowest BCUT2D eigenvalue weighted by molar-refractivity contribution is -0.139. The molecular weight excluding hydrogens is 196 g/mol. The number of carbonyl (C=O) groups excluding carboxylic acids is 1. The zero-order valence-corrected chi connectivity index (χ0v) is 9.12. The monoisotopic (exact) mass is 214 g/mol. The molecule has 1 fully saturated rings. The van der Waals surface area contributed by atoms with E-state index in [9.17, 15) is 9.59 Å². The summed E-state index contributed by atoms with van der Waals surface area (Å²) in [5, 5.41) is 11.1. The van der Waals surface area contributed by atoms with Crippen molar-refractivity contribution < 1.29 is 14.7 Å². The zero-order chi connectivity index (χ0) is 11.6. The summed E-state index contributed by atoms with van der Waals surface area (Å²) in [6, 6.07) is -0.940. The topological polar surface area (TPSA) is 92.4 Å². The van der Waals surface area contributed by atoms with Gasteiger partial charge in [0, 0.05) is 6.54 Å². The summed E-state index contributed by atoms with van der Waals surface area (Å²) < 4.78 is 0. The van der Waals surface area contributed by atoms with Crippen LogP contribution < -0.4 is 11.1 Å². The second-order valence-corrected chi connectivity index (χ2v) is 4.84. The van der Waals surface area contributed by atoms with Gasteiger partial charge in [-0.2, -0.15) is 0 Å². The molecule has 1 saturated carbocycles. The van der Waals surface area contributed by atoms with Crippen LogP contribution in [0, 0.1) is 11.3 Å². The van der Waals surface area contributed by atoms with E-state index in [0.717, 1.165) is 6.42 Å². The Hall–Kier alpha value is -1.10. The van der Waals surface area contributed by atoms with Crippen molar-refractivity contribution in [2.75, 3.05) is 6.54 Å². The van der Waals surface area contributed by atoms with E-state index in [2.05, 4.69) is 19.2 Å². The number of hydrogen-bond acceptors (Lipinski definition) is 3. The zero-order valence-electron chi connectivity index (χ0n) is 9.12. The summed E-state index contributed by atoms with van der Waals surface area (Å²) in [6.45, 7) is 4.88. The van der Waals surface area contributed by atoms with Crippen LogP contribution in [0.5, 0.6) is 0 Å². The van der Waals surface area contributed by atoms with Crippen molar-refractivity contribution in [3.63, 3.8) is 0 Å². The largest absolute Gasteiger partial charge is 0.481 e. The number of aliphatic carboxylic acids is 1. The van der Waals surface area contributed by atoms with Gasteiger partial charge in [0.25, 0.3) is 0 Å². The van der Waals surface area contributed by atoms with Crippen LogP contribution in [-0.4, -0.2) is 29.6 Å². The molecule has 1 amide bonds. The molecule has 1 rings (SSSR count). The lowest BCUT2D eigenvalue weighted by Gasteiger charge is -2.10. The summed E-state index contributed by atoms with van der Waals surface area (Å²) >= 11 is 0. The third kappa shape index (κ3) is 3.51. The first-order valence-electron chi connectivity index (χ1n) is 5.08. The Labute approximate surface area is 89.0 Å². The van der Waals surface area contributed by atoms with E-state index in [1.165, 1.54) is 0 Å². The molecule has 5 heteroatoms. The number of nitrogens with one attached hydrogen (secondary N) is 1. The molecule has 0 bridgehead atoms. The molecule has 2 unspecified atom stereocenters. The lowest BCUT2D eigenvalue weighted by atomic mass is 10.1. The third-order valence-electron chi connectivity index (χ3n) is 2.97. The fraction of sp³-hybridized carbons (Fsp3) is 0.800. The second-order valence-electron chi connectivity index (χ2n) is 4.84. The fourth-order valence-corrected chi connectivity index (χ4v) is 1.56. The summed E-state index contributed by atoms with van der Waals surface area (Å²) in [5.74, 6) is -0.928. The third-order valence-corrected chi connectivity index (χ3v) is 2.97. The summed E-state index contributed by atoms with van der Waals surface area (Å²) in [4.78, 5) is 21.6. The van der Waals surface area contributed by atoms with Crippen LogP contribution in [0.2, 0.25) is 0 Å². The highest BCUT2D eigenvalue weighted by atomic mass is 16.4. The van der Waals surface area contributed by atoms with Crippen LogP contribution in [-0.2, 0) is 9.59 Å². The summed E-state index contributed by atoms with van der Waals surface area (Å²) in [5.41, 5.74) is 5.71. The molecule has 0 saturated heterocycles. The van der Waals surface area contributed by atoms with Crippen molar-refractivity contribution in [3.8, 4) is 0 Å². The van der Waals surface area contributed by atoms with E-state index in [-0.39, 0.29) is 12.3 Å². The van der Waals surface area contributed by atoms with E-state index in [1.807, 2.05) is 0 Å². The average molecular weight is 214 g/mol. The molecule has 5 nitrogen and oxygen atoms in total.